The number of carbonyl (C=O) groups is 2. The molecule has 0 saturated heterocycles. The first-order valence-corrected chi connectivity index (χ1v) is 11.8. The molecule has 0 radical (unpaired) electrons. The van der Waals surface area contributed by atoms with Crippen molar-refractivity contribution in [2.24, 2.45) is 0 Å². The number of carbonyl (C=O) groups excluding carboxylic acids is 1. The van der Waals surface area contributed by atoms with E-state index in [1.807, 2.05) is 66.9 Å². The zero-order valence-electron chi connectivity index (χ0n) is 19.6. The number of nitrogens with zero attached hydrogens (tertiary/aromatic N) is 1. The van der Waals surface area contributed by atoms with Gasteiger partial charge in [0.2, 0.25) is 0 Å². The van der Waals surface area contributed by atoms with Gasteiger partial charge in [0, 0.05) is 35.6 Å². The number of hydrogen-bond donors (Lipinski definition) is 3. The van der Waals surface area contributed by atoms with Gasteiger partial charge in [0.1, 0.15) is 11.8 Å². The highest BCUT2D eigenvalue weighted by molar-refractivity contribution is 6.00. The summed E-state index contributed by atoms with van der Waals surface area (Å²) in [7, 11) is 0. The average Bonchev–Trinajstić information content (AvgIpc) is 3.31. The Morgan fingerprint density at radius 1 is 0.861 bits per heavy atom. The summed E-state index contributed by atoms with van der Waals surface area (Å²) in [6, 6.07) is 26.5. The van der Waals surface area contributed by atoms with Crippen molar-refractivity contribution in [3.05, 3.63) is 114 Å². The summed E-state index contributed by atoms with van der Waals surface area (Å²) in [5, 5.41) is 22.8. The number of carboxylic acid groups (broad SMARTS) is 1. The number of nitrogens with one attached hydrogen (secondary N) is 1. The first-order valence-electron chi connectivity index (χ1n) is 11.8. The second-order valence-electron chi connectivity index (χ2n) is 8.89. The molecule has 0 bridgehead atoms. The van der Waals surface area contributed by atoms with Crippen LogP contribution in [0.15, 0.2) is 97.2 Å². The molecule has 3 N–H and O–H groups in total. The number of phenolic OH excluding ortho intramolecular Hbond substituents is 1. The highest BCUT2D eigenvalue weighted by Crippen LogP contribution is 2.23. The predicted octanol–water partition coefficient (Wildman–Crippen LogP) is 5.41. The zero-order valence-corrected chi connectivity index (χ0v) is 19.6. The molecule has 0 aliphatic heterocycles. The number of rotatable bonds is 8. The minimum Gasteiger partial charge on any atom is -0.508 e. The van der Waals surface area contributed by atoms with Gasteiger partial charge >= 0.3 is 5.97 Å². The molecule has 0 fully saturated rings. The lowest BCUT2D eigenvalue weighted by Gasteiger charge is -2.29. The normalized spacial score (nSPS) is 12.0. The van der Waals surface area contributed by atoms with Crippen molar-refractivity contribution in [3.8, 4) is 5.75 Å². The van der Waals surface area contributed by atoms with Gasteiger partial charge < -0.3 is 20.1 Å². The van der Waals surface area contributed by atoms with Crippen molar-refractivity contribution < 1.29 is 19.8 Å². The molecule has 0 aliphatic rings. The van der Waals surface area contributed by atoms with Crippen LogP contribution in [0.3, 0.4) is 0 Å². The highest BCUT2D eigenvalue weighted by Gasteiger charge is 2.31. The van der Waals surface area contributed by atoms with Crippen LogP contribution in [0.25, 0.3) is 21.7 Å². The maximum atomic E-state index is 13.8. The molecule has 1 amide bonds. The summed E-state index contributed by atoms with van der Waals surface area (Å²) >= 11 is 0. The molecular weight excluding hydrogens is 452 g/mol. The van der Waals surface area contributed by atoms with E-state index < -0.39 is 12.0 Å². The van der Waals surface area contributed by atoms with Crippen molar-refractivity contribution in [3.63, 3.8) is 0 Å². The van der Waals surface area contributed by atoms with Crippen LogP contribution in [-0.2, 0) is 17.6 Å². The van der Waals surface area contributed by atoms with E-state index in [1.165, 1.54) is 17.0 Å². The lowest BCUT2D eigenvalue weighted by atomic mass is 10.0. The lowest BCUT2D eigenvalue weighted by molar-refractivity contribution is -0.142. The molecule has 0 unspecified atom stereocenters. The first kappa shape index (κ1) is 23.2. The molecule has 0 saturated carbocycles. The number of aromatic amines is 1. The van der Waals surface area contributed by atoms with Crippen LogP contribution < -0.4 is 0 Å². The summed E-state index contributed by atoms with van der Waals surface area (Å²) < 4.78 is 0. The quantitative estimate of drug-likeness (QED) is 0.278. The number of H-pyrrole nitrogens is 1. The SMILES string of the molecule is O=C(O)[C@@H](Cc1ccc(O)cc1)N(CCc1c[nH]c2ccccc12)C(=O)c1ccc2ccccc2c1. The highest BCUT2D eigenvalue weighted by atomic mass is 16.4. The molecule has 5 aromatic rings. The number of benzene rings is 4. The van der Waals surface area contributed by atoms with Crippen LogP contribution in [0.5, 0.6) is 5.75 Å². The Kier molecular flexibility index (Phi) is 6.41. The van der Waals surface area contributed by atoms with E-state index in [9.17, 15) is 19.8 Å². The van der Waals surface area contributed by atoms with Gasteiger partial charge in [-0.3, -0.25) is 4.79 Å². The largest absolute Gasteiger partial charge is 0.508 e. The zero-order chi connectivity index (χ0) is 25.1. The molecule has 6 heteroatoms. The van der Waals surface area contributed by atoms with Gasteiger partial charge in [-0.2, -0.15) is 0 Å². The van der Waals surface area contributed by atoms with Crippen molar-refractivity contribution >= 4 is 33.6 Å². The van der Waals surface area contributed by atoms with Gasteiger partial charge in [-0.25, -0.2) is 4.79 Å². The third-order valence-electron chi connectivity index (χ3n) is 6.58. The molecule has 1 heterocycles. The van der Waals surface area contributed by atoms with Gasteiger partial charge in [0.25, 0.3) is 5.91 Å². The van der Waals surface area contributed by atoms with E-state index >= 15 is 0 Å². The summed E-state index contributed by atoms with van der Waals surface area (Å²) in [4.78, 5) is 31.0. The number of amides is 1. The Morgan fingerprint density at radius 2 is 1.58 bits per heavy atom. The Balaban J connectivity index is 1.49. The van der Waals surface area contributed by atoms with E-state index in [0.717, 1.165) is 32.8 Å². The third kappa shape index (κ3) is 4.79. The van der Waals surface area contributed by atoms with Crippen molar-refractivity contribution in [1.82, 2.24) is 9.88 Å². The standard InChI is InChI=1S/C30H26N2O4/c33-25-13-9-20(10-14-25)17-28(30(35)36)32(16-15-24-19-31-27-8-4-3-7-26(24)27)29(34)23-12-11-21-5-1-2-6-22(21)18-23/h1-14,18-19,28,31,33H,15-17H2,(H,35,36)/t28-/m1/s1. The lowest BCUT2D eigenvalue weighted by Crippen LogP contribution is -2.47. The topological polar surface area (TPSA) is 93.6 Å². The molecule has 36 heavy (non-hydrogen) atoms. The van der Waals surface area contributed by atoms with Crippen LogP contribution in [0, 0.1) is 0 Å². The van der Waals surface area contributed by atoms with Crippen LogP contribution in [0.2, 0.25) is 0 Å². The summed E-state index contributed by atoms with van der Waals surface area (Å²) in [6.07, 6.45) is 2.55. The van der Waals surface area contributed by atoms with E-state index in [-0.39, 0.29) is 24.6 Å². The average molecular weight is 479 g/mol. The fraction of sp³-hybridized carbons (Fsp3) is 0.133. The molecule has 5 rings (SSSR count). The molecule has 6 nitrogen and oxygen atoms in total. The molecule has 1 atom stereocenters. The molecule has 0 aliphatic carbocycles. The number of fused-ring (bicyclic) bond motifs is 2. The second-order valence-corrected chi connectivity index (χ2v) is 8.89. The maximum Gasteiger partial charge on any atom is 0.326 e. The van der Waals surface area contributed by atoms with E-state index in [4.69, 9.17) is 0 Å². The molecule has 4 aromatic carbocycles. The number of aliphatic carboxylic acids is 1. The monoisotopic (exact) mass is 478 g/mol. The molecule has 1 aromatic heterocycles. The third-order valence-corrected chi connectivity index (χ3v) is 6.58. The minimum absolute atomic E-state index is 0.106. The van der Waals surface area contributed by atoms with Crippen LogP contribution in [0.1, 0.15) is 21.5 Å². The van der Waals surface area contributed by atoms with Gasteiger partial charge in [-0.1, -0.05) is 60.7 Å². The van der Waals surface area contributed by atoms with E-state index in [1.54, 1.807) is 18.2 Å². The van der Waals surface area contributed by atoms with Gasteiger partial charge in [-0.15, -0.1) is 0 Å². The number of para-hydroxylation sites is 1. The van der Waals surface area contributed by atoms with Crippen molar-refractivity contribution in [2.45, 2.75) is 18.9 Å². The molecule has 0 spiro atoms. The number of phenols is 1. The Bertz CT molecular complexity index is 1540. The molecular formula is C30H26N2O4. The number of aromatic nitrogens is 1. The Hall–Kier alpha value is -4.58. The van der Waals surface area contributed by atoms with Crippen LogP contribution in [0.4, 0.5) is 0 Å². The summed E-state index contributed by atoms with van der Waals surface area (Å²) in [6.45, 7) is 0.239. The Labute approximate surface area is 208 Å². The predicted molar refractivity (Wildman–Crippen MR) is 140 cm³/mol. The van der Waals surface area contributed by atoms with Gasteiger partial charge in [0.05, 0.1) is 0 Å². The van der Waals surface area contributed by atoms with Gasteiger partial charge in [0.15, 0.2) is 0 Å². The van der Waals surface area contributed by atoms with E-state index in [0.29, 0.717) is 12.0 Å². The fourth-order valence-electron chi connectivity index (χ4n) is 4.65. The van der Waals surface area contributed by atoms with E-state index in [2.05, 4.69) is 4.98 Å². The maximum absolute atomic E-state index is 13.8. The smallest absolute Gasteiger partial charge is 0.326 e. The number of aromatic hydroxyl groups is 1. The number of hydrogen-bond acceptors (Lipinski definition) is 3. The fourth-order valence-corrected chi connectivity index (χ4v) is 4.65. The van der Waals surface area contributed by atoms with Gasteiger partial charge in [-0.05, 0) is 58.7 Å². The molecule has 180 valence electrons. The second kappa shape index (κ2) is 9.96. The first-order chi connectivity index (χ1) is 17.5. The van der Waals surface area contributed by atoms with Crippen molar-refractivity contribution in [1.29, 1.82) is 0 Å². The summed E-state index contributed by atoms with van der Waals surface area (Å²) in [5.41, 5.74) is 3.20. The van der Waals surface area contributed by atoms with Crippen LogP contribution in [-0.4, -0.2) is 44.6 Å². The van der Waals surface area contributed by atoms with Crippen molar-refractivity contribution in [2.75, 3.05) is 6.54 Å². The number of carboxylic acids is 1. The summed E-state index contributed by atoms with van der Waals surface area (Å²) in [5.74, 6) is -1.29. The Morgan fingerprint density at radius 3 is 2.36 bits per heavy atom. The van der Waals surface area contributed by atoms with Crippen LogP contribution >= 0.6 is 0 Å². The minimum atomic E-state index is -1.07.